The normalized spacial score (nSPS) is 30.6. The number of rotatable bonds is 4. The molecule has 3 heteroatoms. The third-order valence-corrected chi connectivity index (χ3v) is 6.46. The highest BCUT2D eigenvalue weighted by atomic mass is 19.2. The summed E-state index contributed by atoms with van der Waals surface area (Å²) >= 11 is 0. The van der Waals surface area contributed by atoms with Crippen LogP contribution in [-0.2, 0) is 0 Å². The van der Waals surface area contributed by atoms with Crippen molar-refractivity contribution in [2.24, 2.45) is 17.8 Å². The molecule has 25 heavy (non-hydrogen) atoms. The van der Waals surface area contributed by atoms with Crippen LogP contribution in [0, 0.1) is 29.4 Å². The van der Waals surface area contributed by atoms with E-state index in [2.05, 4.69) is 19.1 Å². The van der Waals surface area contributed by atoms with Gasteiger partial charge in [0, 0.05) is 0 Å². The second-order valence-electron chi connectivity index (χ2n) is 7.80. The van der Waals surface area contributed by atoms with E-state index in [9.17, 15) is 8.78 Å². The highest BCUT2D eigenvalue weighted by Gasteiger charge is 2.32. The van der Waals surface area contributed by atoms with E-state index in [-0.39, 0.29) is 11.7 Å². The van der Waals surface area contributed by atoms with Crippen molar-refractivity contribution in [3.05, 3.63) is 41.5 Å². The summed E-state index contributed by atoms with van der Waals surface area (Å²) in [7, 11) is 1.37. The van der Waals surface area contributed by atoms with Gasteiger partial charge in [-0.15, -0.1) is 0 Å². The molecule has 1 aromatic rings. The minimum absolute atomic E-state index is 0.00664. The van der Waals surface area contributed by atoms with Crippen molar-refractivity contribution < 1.29 is 13.5 Å². The molecule has 2 aliphatic rings. The Morgan fingerprint density at radius 2 is 1.48 bits per heavy atom. The Balaban J connectivity index is 1.57. The number of hydrogen-bond donors (Lipinski definition) is 0. The molecule has 1 nitrogen and oxygen atoms in total. The first-order valence-corrected chi connectivity index (χ1v) is 9.78. The van der Waals surface area contributed by atoms with E-state index in [0.717, 1.165) is 43.4 Å². The number of halogens is 2. The minimum Gasteiger partial charge on any atom is -0.494 e. The van der Waals surface area contributed by atoms with Crippen molar-refractivity contribution in [2.45, 2.75) is 64.2 Å². The molecular weight excluding hydrogens is 318 g/mol. The van der Waals surface area contributed by atoms with Gasteiger partial charge in [-0.1, -0.05) is 18.2 Å². The fourth-order valence-electron chi connectivity index (χ4n) is 5.00. The molecule has 1 aromatic carbocycles. The predicted octanol–water partition coefficient (Wildman–Crippen LogP) is 6.63. The molecule has 0 bridgehead atoms. The molecule has 2 saturated carbocycles. The summed E-state index contributed by atoms with van der Waals surface area (Å²) in [6, 6.07) is 3.27. The summed E-state index contributed by atoms with van der Waals surface area (Å²) in [4.78, 5) is 0. The zero-order valence-electron chi connectivity index (χ0n) is 15.4. The van der Waals surface area contributed by atoms with Crippen LogP contribution < -0.4 is 4.74 Å². The Hall–Kier alpha value is -1.38. The van der Waals surface area contributed by atoms with E-state index in [1.165, 1.54) is 32.8 Å². The fraction of sp³-hybridized carbons (Fsp3) is 0.636. The maximum Gasteiger partial charge on any atom is 0.200 e. The smallest absolute Gasteiger partial charge is 0.200 e. The summed E-state index contributed by atoms with van der Waals surface area (Å²) in [5.74, 6) is 0.964. The number of ether oxygens (including phenoxy) is 1. The van der Waals surface area contributed by atoms with Gasteiger partial charge in [-0.2, -0.15) is 4.39 Å². The molecule has 2 fully saturated rings. The lowest BCUT2D eigenvalue weighted by Crippen LogP contribution is -2.25. The lowest BCUT2D eigenvalue weighted by molar-refractivity contribution is 0.170. The maximum atomic E-state index is 14.3. The van der Waals surface area contributed by atoms with Crippen LogP contribution in [0.4, 0.5) is 8.78 Å². The topological polar surface area (TPSA) is 9.23 Å². The van der Waals surface area contributed by atoms with Crippen molar-refractivity contribution in [1.29, 1.82) is 0 Å². The molecule has 0 atom stereocenters. The van der Waals surface area contributed by atoms with E-state index >= 15 is 0 Å². The monoisotopic (exact) mass is 348 g/mol. The van der Waals surface area contributed by atoms with Crippen molar-refractivity contribution in [3.63, 3.8) is 0 Å². The summed E-state index contributed by atoms with van der Waals surface area (Å²) in [6.45, 7) is 2.11. The molecule has 3 rings (SSSR count). The standard InChI is InChI=1S/C22H30F2O/c1-3-4-15-5-7-16(8-6-15)17-9-11-18(12-10-17)19-13-14-20(25-2)22(24)21(19)23/h3-4,13-18H,5-12H2,1-2H3. The van der Waals surface area contributed by atoms with Gasteiger partial charge in [0.15, 0.2) is 11.6 Å². The van der Waals surface area contributed by atoms with E-state index < -0.39 is 11.6 Å². The number of methoxy groups -OCH3 is 1. The van der Waals surface area contributed by atoms with Gasteiger partial charge in [0.1, 0.15) is 0 Å². The Kier molecular flexibility index (Phi) is 6.14. The van der Waals surface area contributed by atoms with Crippen LogP contribution in [0.3, 0.4) is 0 Å². The van der Waals surface area contributed by atoms with Crippen LogP contribution >= 0.6 is 0 Å². The fourth-order valence-corrected chi connectivity index (χ4v) is 5.00. The SMILES string of the molecule is CC=CC1CCC(C2CCC(c3ccc(OC)c(F)c3F)CC2)CC1. The van der Waals surface area contributed by atoms with Gasteiger partial charge in [-0.05, 0) is 93.6 Å². The van der Waals surface area contributed by atoms with Gasteiger partial charge in [0.2, 0.25) is 5.82 Å². The summed E-state index contributed by atoms with van der Waals surface area (Å²) in [6.07, 6.45) is 14.1. The molecular formula is C22H30F2O. The average molecular weight is 348 g/mol. The van der Waals surface area contributed by atoms with Gasteiger partial charge < -0.3 is 4.74 Å². The van der Waals surface area contributed by atoms with Crippen LogP contribution in [0.5, 0.6) is 5.75 Å². The number of allylic oxidation sites excluding steroid dienone is 2. The van der Waals surface area contributed by atoms with Crippen LogP contribution in [0.1, 0.15) is 69.8 Å². The first-order chi connectivity index (χ1) is 12.1. The third-order valence-electron chi connectivity index (χ3n) is 6.46. The van der Waals surface area contributed by atoms with Gasteiger partial charge in [-0.3, -0.25) is 0 Å². The Labute approximate surface area is 150 Å². The first kappa shape index (κ1) is 18.4. The predicted molar refractivity (Wildman–Crippen MR) is 97.9 cm³/mol. The zero-order chi connectivity index (χ0) is 17.8. The quantitative estimate of drug-likeness (QED) is 0.555. The summed E-state index contributed by atoms with van der Waals surface area (Å²) < 4.78 is 33.2. The largest absolute Gasteiger partial charge is 0.494 e. The van der Waals surface area contributed by atoms with E-state index in [1.54, 1.807) is 12.1 Å². The Bertz CT molecular complexity index is 594. The number of benzene rings is 1. The van der Waals surface area contributed by atoms with Crippen molar-refractivity contribution >= 4 is 0 Å². The molecule has 0 radical (unpaired) electrons. The second kappa shape index (κ2) is 8.33. The zero-order valence-corrected chi connectivity index (χ0v) is 15.4. The van der Waals surface area contributed by atoms with Crippen LogP contribution in [0.25, 0.3) is 0 Å². The van der Waals surface area contributed by atoms with Crippen LogP contribution in [0.2, 0.25) is 0 Å². The molecule has 138 valence electrons. The van der Waals surface area contributed by atoms with Gasteiger partial charge in [-0.25, -0.2) is 4.39 Å². The Morgan fingerprint density at radius 3 is 2.04 bits per heavy atom. The van der Waals surface area contributed by atoms with Crippen molar-refractivity contribution in [1.82, 2.24) is 0 Å². The molecule has 0 saturated heterocycles. The minimum atomic E-state index is -0.843. The third kappa shape index (κ3) is 4.07. The van der Waals surface area contributed by atoms with E-state index in [1.807, 2.05) is 0 Å². The van der Waals surface area contributed by atoms with Crippen LogP contribution in [-0.4, -0.2) is 7.11 Å². The highest BCUT2D eigenvalue weighted by molar-refractivity contribution is 5.33. The molecule has 0 amide bonds. The second-order valence-corrected chi connectivity index (χ2v) is 7.80. The molecule has 0 N–H and O–H groups in total. The molecule has 0 aromatic heterocycles. The summed E-state index contributed by atoms with van der Waals surface area (Å²) in [5, 5.41) is 0. The Morgan fingerprint density at radius 1 is 0.880 bits per heavy atom. The molecule has 0 heterocycles. The highest BCUT2D eigenvalue weighted by Crippen LogP contribution is 2.45. The molecule has 0 unspecified atom stereocenters. The maximum absolute atomic E-state index is 14.3. The summed E-state index contributed by atoms with van der Waals surface area (Å²) in [5.41, 5.74) is 0.536. The van der Waals surface area contributed by atoms with E-state index in [4.69, 9.17) is 4.74 Å². The average Bonchev–Trinajstić information content (AvgIpc) is 2.65. The number of hydrogen-bond acceptors (Lipinski definition) is 1. The lowest BCUT2D eigenvalue weighted by atomic mass is 9.68. The van der Waals surface area contributed by atoms with Gasteiger partial charge in [0.25, 0.3) is 0 Å². The van der Waals surface area contributed by atoms with Gasteiger partial charge in [0.05, 0.1) is 7.11 Å². The lowest BCUT2D eigenvalue weighted by Gasteiger charge is -2.37. The molecule has 0 spiro atoms. The molecule has 0 aliphatic heterocycles. The van der Waals surface area contributed by atoms with Crippen molar-refractivity contribution in [3.8, 4) is 5.75 Å². The first-order valence-electron chi connectivity index (χ1n) is 9.78. The molecule has 2 aliphatic carbocycles. The van der Waals surface area contributed by atoms with E-state index in [0.29, 0.717) is 5.56 Å². The van der Waals surface area contributed by atoms with Gasteiger partial charge >= 0.3 is 0 Å². The van der Waals surface area contributed by atoms with Crippen LogP contribution in [0.15, 0.2) is 24.3 Å². The van der Waals surface area contributed by atoms with Crippen molar-refractivity contribution in [2.75, 3.05) is 7.11 Å².